The number of halogens is 1. The Kier molecular flexibility index (Phi) is 4.33. The molecule has 1 rings (SSSR count). The summed E-state index contributed by atoms with van der Waals surface area (Å²) < 4.78 is 23.2. The van der Waals surface area contributed by atoms with Crippen LogP contribution in [0.15, 0.2) is 18.2 Å². The Hall–Kier alpha value is -1.33. The van der Waals surface area contributed by atoms with Crippen LogP contribution in [0.25, 0.3) is 0 Å². The number of hydrogen-bond donors (Lipinski definition) is 2. The number of benzene rings is 1. The van der Waals surface area contributed by atoms with Crippen molar-refractivity contribution in [3.05, 3.63) is 24.0 Å². The van der Waals surface area contributed by atoms with E-state index in [1.807, 2.05) is 0 Å². The van der Waals surface area contributed by atoms with Crippen molar-refractivity contribution in [2.75, 3.05) is 20.3 Å². The molecule has 0 aliphatic rings. The lowest BCUT2D eigenvalue weighted by Crippen LogP contribution is -2.21. The van der Waals surface area contributed by atoms with Gasteiger partial charge in [-0.3, -0.25) is 0 Å². The third kappa shape index (κ3) is 3.07. The van der Waals surface area contributed by atoms with Gasteiger partial charge in [0.2, 0.25) is 5.82 Å². The highest BCUT2D eigenvalue weighted by Crippen LogP contribution is 2.25. The Morgan fingerprint density at radius 3 is 2.67 bits per heavy atom. The molecule has 0 aliphatic heterocycles. The van der Waals surface area contributed by atoms with Gasteiger partial charge in [-0.25, -0.2) is 0 Å². The van der Waals surface area contributed by atoms with Crippen LogP contribution < -0.4 is 9.47 Å². The van der Waals surface area contributed by atoms with Gasteiger partial charge in [0.25, 0.3) is 0 Å². The van der Waals surface area contributed by atoms with E-state index in [1.165, 1.54) is 19.2 Å². The van der Waals surface area contributed by atoms with Gasteiger partial charge in [0, 0.05) is 0 Å². The van der Waals surface area contributed by atoms with Crippen molar-refractivity contribution in [1.82, 2.24) is 0 Å². The first-order valence-corrected chi connectivity index (χ1v) is 4.43. The van der Waals surface area contributed by atoms with Gasteiger partial charge in [-0.2, -0.15) is 4.39 Å². The maximum atomic E-state index is 13.4. The van der Waals surface area contributed by atoms with Crippen molar-refractivity contribution in [3.63, 3.8) is 0 Å². The Morgan fingerprint density at radius 2 is 2.07 bits per heavy atom. The summed E-state index contributed by atoms with van der Waals surface area (Å²) in [6.07, 6.45) is -1.02. The SMILES string of the molecule is COc1cccc(OC[C@H](O)CO)c1F. The second kappa shape index (κ2) is 5.53. The van der Waals surface area contributed by atoms with Gasteiger partial charge in [0.05, 0.1) is 13.7 Å². The molecule has 4 nitrogen and oxygen atoms in total. The van der Waals surface area contributed by atoms with Crippen LogP contribution in [0.5, 0.6) is 11.5 Å². The maximum absolute atomic E-state index is 13.4. The van der Waals surface area contributed by atoms with E-state index < -0.39 is 18.5 Å². The van der Waals surface area contributed by atoms with Crippen LogP contribution in [0.3, 0.4) is 0 Å². The van der Waals surface area contributed by atoms with Crippen LogP contribution in [-0.4, -0.2) is 36.6 Å². The molecular weight excluding hydrogens is 203 g/mol. The summed E-state index contributed by atoms with van der Waals surface area (Å²) in [7, 11) is 1.35. The van der Waals surface area contributed by atoms with Crippen molar-refractivity contribution in [3.8, 4) is 11.5 Å². The summed E-state index contributed by atoms with van der Waals surface area (Å²) in [5.74, 6) is -0.557. The largest absolute Gasteiger partial charge is 0.494 e. The molecule has 0 spiro atoms. The highest BCUT2D eigenvalue weighted by atomic mass is 19.1. The Morgan fingerprint density at radius 1 is 1.40 bits per heavy atom. The van der Waals surface area contributed by atoms with E-state index in [0.717, 1.165) is 0 Å². The van der Waals surface area contributed by atoms with Gasteiger partial charge >= 0.3 is 0 Å². The van der Waals surface area contributed by atoms with E-state index in [4.69, 9.17) is 19.7 Å². The van der Waals surface area contributed by atoms with Gasteiger partial charge in [0.15, 0.2) is 11.5 Å². The van der Waals surface area contributed by atoms with Gasteiger partial charge in [0.1, 0.15) is 12.7 Å². The smallest absolute Gasteiger partial charge is 0.206 e. The first-order valence-electron chi connectivity index (χ1n) is 4.43. The molecule has 0 aliphatic carbocycles. The van der Waals surface area contributed by atoms with E-state index in [-0.39, 0.29) is 18.1 Å². The lowest BCUT2D eigenvalue weighted by Gasteiger charge is -2.11. The number of methoxy groups -OCH3 is 1. The molecule has 0 fully saturated rings. The summed E-state index contributed by atoms with van der Waals surface area (Å²) in [6, 6.07) is 4.45. The number of ether oxygens (including phenoxy) is 2. The molecule has 2 N–H and O–H groups in total. The lowest BCUT2D eigenvalue weighted by molar-refractivity contribution is 0.0522. The molecule has 0 saturated carbocycles. The zero-order valence-electron chi connectivity index (χ0n) is 8.31. The lowest BCUT2D eigenvalue weighted by atomic mass is 10.3. The summed E-state index contributed by atoms with van der Waals surface area (Å²) in [5.41, 5.74) is 0. The fraction of sp³-hybridized carbons (Fsp3) is 0.400. The van der Waals surface area contributed by atoms with Crippen LogP contribution in [0, 0.1) is 5.82 Å². The number of rotatable bonds is 5. The van der Waals surface area contributed by atoms with Crippen molar-refractivity contribution in [2.24, 2.45) is 0 Å². The second-order valence-corrected chi connectivity index (χ2v) is 2.92. The molecule has 0 amide bonds. The third-order valence-electron chi connectivity index (χ3n) is 1.79. The molecule has 15 heavy (non-hydrogen) atoms. The molecule has 0 unspecified atom stereocenters. The zero-order valence-corrected chi connectivity index (χ0v) is 8.31. The van der Waals surface area contributed by atoms with Gasteiger partial charge < -0.3 is 19.7 Å². The fourth-order valence-corrected chi connectivity index (χ4v) is 0.998. The first kappa shape index (κ1) is 11.7. The molecule has 84 valence electrons. The maximum Gasteiger partial charge on any atom is 0.206 e. The second-order valence-electron chi connectivity index (χ2n) is 2.92. The predicted octanol–water partition coefficient (Wildman–Crippen LogP) is 0.566. The molecule has 5 heteroatoms. The van der Waals surface area contributed by atoms with Crippen molar-refractivity contribution < 1.29 is 24.1 Å². The monoisotopic (exact) mass is 216 g/mol. The van der Waals surface area contributed by atoms with Crippen LogP contribution in [0.2, 0.25) is 0 Å². The Bertz CT molecular complexity index is 316. The minimum Gasteiger partial charge on any atom is -0.494 e. The molecular formula is C10H13FO4. The van der Waals surface area contributed by atoms with Crippen LogP contribution >= 0.6 is 0 Å². The molecule has 0 radical (unpaired) electrons. The van der Waals surface area contributed by atoms with Crippen molar-refractivity contribution in [2.45, 2.75) is 6.10 Å². The number of aliphatic hydroxyl groups is 2. The van der Waals surface area contributed by atoms with Crippen molar-refractivity contribution >= 4 is 0 Å². The van der Waals surface area contributed by atoms with Gasteiger partial charge in [-0.05, 0) is 12.1 Å². The standard InChI is InChI=1S/C10H13FO4/c1-14-8-3-2-4-9(10(8)11)15-6-7(13)5-12/h2-4,7,12-13H,5-6H2,1H3/t7-/m1/s1. The zero-order chi connectivity index (χ0) is 11.3. The summed E-state index contributed by atoms with van der Waals surface area (Å²) >= 11 is 0. The van der Waals surface area contributed by atoms with Gasteiger partial charge in [-0.15, -0.1) is 0 Å². The topological polar surface area (TPSA) is 58.9 Å². The minimum atomic E-state index is -1.02. The summed E-state index contributed by atoms with van der Waals surface area (Å²) in [6.45, 7) is -0.591. The molecule has 1 aromatic carbocycles. The Labute approximate surface area is 86.9 Å². The van der Waals surface area contributed by atoms with E-state index in [9.17, 15) is 4.39 Å². The summed E-state index contributed by atoms with van der Waals surface area (Å²) in [5, 5.41) is 17.5. The Balaban J connectivity index is 2.68. The van der Waals surface area contributed by atoms with Crippen LogP contribution in [0.4, 0.5) is 4.39 Å². The van der Waals surface area contributed by atoms with Crippen LogP contribution in [-0.2, 0) is 0 Å². The quantitative estimate of drug-likeness (QED) is 0.755. The predicted molar refractivity (Wildman–Crippen MR) is 51.5 cm³/mol. The highest BCUT2D eigenvalue weighted by Gasteiger charge is 2.11. The van der Waals surface area contributed by atoms with Crippen molar-refractivity contribution in [1.29, 1.82) is 0 Å². The van der Waals surface area contributed by atoms with Crippen LogP contribution in [0.1, 0.15) is 0 Å². The molecule has 0 heterocycles. The van der Waals surface area contributed by atoms with E-state index in [1.54, 1.807) is 6.07 Å². The highest BCUT2D eigenvalue weighted by molar-refractivity contribution is 5.35. The average Bonchev–Trinajstić information content (AvgIpc) is 2.27. The molecule has 0 aromatic heterocycles. The van der Waals surface area contributed by atoms with E-state index in [2.05, 4.69) is 0 Å². The molecule has 0 saturated heterocycles. The van der Waals surface area contributed by atoms with Gasteiger partial charge in [-0.1, -0.05) is 6.07 Å². The van der Waals surface area contributed by atoms with E-state index in [0.29, 0.717) is 0 Å². The minimum absolute atomic E-state index is 0.0122. The molecule has 1 aromatic rings. The van der Waals surface area contributed by atoms with E-state index >= 15 is 0 Å². The number of hydrogen-bond acceptors (Lipinski definition) is 4. The summed E-state index contributed by atoms with van der Waals surface area (Å²) in [4.78, 5) is 0. The third-order valence-corrected chi connectivity index (χ3v) is 1.79. The molecule has 0 bridgehead atoms. The fourth-order valence-electron chi connectivity index (χ4n) is 0.998. The molecule has 1 atom stereocenters. The number of aliphatic hydroxyl groups excluding tert-OH is 2. The first-order chi connectivity index (χ1) is 7.19. The average molecular weight is 216 g/mol. The normalized spacial score (nSPS) is 12.3.